The van der Waals surface area contributed by atoms with Crippen LogP contribution in [0.5, 0.6) is 5.75 Å². The molecule has 1 aromatic heterocycles. The van der Waals surface area contributed by atoms with Crippen LogP contribution in [0, 0.1) is 0 Å². The van der Waals surface area contributed by atoms with E-state index in [1.807, 2.05) is 48.5 Å². The molecule has 0 unspecified atom stereocenters. The number of carboxylic acids is 1. The lowest BCUT2D eigenvalue weighted by atomic mass is 10.2. The topological polar surface area (TPSA) is 46.5 Å². The van der Waals surface area contributed by atoms with Gasteiger partial charge >= 0.3 is 5.97 Å². The van der Waals surface area contributed by atoms with Crippen molar-refractivity contribution in [2.45, 2.75) is 9.79 Å². The molecule has 106 valence electrons. The smallest absolute Gasteiger partial charge is 0.347 e. The molecule has 0 aliphatic heterocycles. The Bertz CT molecular complexity index is 808. The molecule has 5 heteroatoms. The van der Waals surface area contributed by atoms with E-state index in [0.717, 1.165) is 25.6 Å². The molecule has 3 aromatic rings. The van der Waals surface area contributed by atoms with E-state index in [2.05, 4.69) is 0 Å². The maximum Gasteiger partial charge on any atom is 0.347 e. The zero-order chi connectivity index (χ0) is 14.8. The van der Waals surface area contributed by atoms with Crippen LogP contribution in [0.3, 0.4) is 0 Å². The molecule has 0 atom stereocenters. The van der Waals surface area contributed by atoms with Gasteiger partial charge in [-0.15, -0.1) is 11.3 Å². The number of aromatic carboxylic acids is 1. The highest BCUT2D eigenvalue weighted by atomic mass is 32.2. The van der Waals surface area contributed by atoms with E-state index in [-0.39, 0.29) is 0 Å². The van der Waals surface area contributed by atoms with Gasteiger partial charge in [-0.25, -0.2) is 4.79 Å². The molecular weight excluding hydrogens is 304 g/mol. The van der Waals surface area contributed by atoms with Crippen LogP contribution in [-0.4, -0.2) is 18.2 Å². The van der Waals surface area contributed by atoms with Gasteiger partial charge in [0, 0.05) is 19.9 Å². The SMILES string of the molecule is COc1cccc(Sc2c(C(=O)O)sc3ccccc23)c1. The molecule has 3 nitrogen and oxygen atoms in total. The Hall–Kier alpha value is -1.98. The van der Waals surface area contributed by atoms with Crippen LogP contribution in [0.4, 0.5) is 0 Å². The molecule has 3 rings (SSSR count). The van der Waals surface area contributed by atoms with Gasteiger partial charge in [0.15, 0.2) is 0 Å². The number of thiophene rings is 1. The molecule has 0 fully saturated rings. The van der Waals surface area contributed by atoms with Gasteiger partial charge in [-0.05, 0) is 24.3 Å². The normalized spacial score (nSPS) is 10.7. The molecule has 0 aliphatic rings. The number of carboxylic acid groups (broad SMARTS) is 1. The Morgan fingerprint density at radius 1 is 1.19 bits per heavy atom. The average molecular weight is 316 g/mol. The highest BCUT2D eigenvalue weighted by Gasteiger charge is 2.18. The fourth-order valence-electron chi connectivity index (χ4n) is 2.05. The summed E-state index contributed by atoms with van der Waals surface area (Å²) in [7, 11) is 1.62. The summed E-state index contributed by atoms with van der Waals surface area (Å²) < 4.78 is 6.20. The predicted octanol–water partition coefficient (Wildman–Crippen LogP) is 4.76. The second-order valence-corrected chi connectivity index (χ2v) is 6.48. The van der Waals surface area contributed by atoms with Crippen LogP contribution in [0.1, 0.15) is 9.67 Å². The lowest BCUT2D eigenvalue weighted by molar-refractivity contribution is 0.0699. The average Bonchev–Trinajstić information content (AvgIpc) is 2.87. The van der Waals surface area contributed by atoms with Crippen LogP contribution in [0.2, 0.25) is 0 Å². The second-order valence-electron chi connectivity index (χ2n) is 4.34. The number of methoxy groups -OCH3 is 1. The lowest BCUT2D eigenvalue weighted by Gasteiger charge is -2.05. The third kappa shape index (κ3) is 2.75. The zero-order valence-electron chi connectivity index (χ0n) is 11.2. The van der Waals surface area contributed by atoms with Crippen molar-refractivity contribution in [2.75, 3.05) is 7.11 Å². The third-order valence-corrected chi connectivity index (χ3v) is 5.41. The van der Waals surface area contributed by atoms with Gasteiger partial charge in [0.2, 0.25) is 0 Å². The number of rotatable bonds is 4. The van der Waals surface area contributed by atoms with E-state index >= 15 is 0 Å². The molecule has 21 heavy (non-hydrogen) atoms. The summed E-state index contributed by atoms with van der Waals surface area (Å²) in [6.07, 6.45) is 0. The van der Waals surface area contributed by atoms with Gasteiger partial charge in [0.1, 0.15) is 10.6 Å². The van der Waals surface area contributed by atoms with E-state index in [1.165, 1.54) is 23.1 Å². The molecule has 0 amide bonds. The van der Waals surface area contributed by atoms with Crippen molar-refractivity contribution in [1.29, 1.82) is 0 Å². The molecule has 0 saturated carbocycles. The molecule has 0 aliphatic carbocycles. The zero-order valence-corrected chi connectivity index (χ0v) is 12.8. The van der Waals surface area contributed by atoms with Gasteiger partial charge in [0.05, 0.1) is 7.11 Å². The quantitative estimate of drug-likeness (QED) is 0.754. The maximum absolute atomic E-state index is 11.5. The first-order valence-electron chi connectivity index (χ1n) is 6.26. The van der Waals surface area contributed by atoms with Crippen molar-refractivity contribution in [2.24, 2.45) is 0 Å². The summed E-state index contributed by atoms with van der Waals surface area (Å²) in [5.41, 5.74) is 0. The fraction of sp³-hybridized carbons (Fsp3) is 0.0625. The van der Waals surface area contributed by atoms with Crippen molar-refractivity contribution in [1.82, 2.24) is 0 Å². The summed E-state index contributed by atoms with van der Waals surface area (Å²) in [6, 6.07) is 15.4. The van der Waals surface area contributed by atoms with E-state index in [9.17, 15) is 9.90 Å². The molecule has 1 heterocycles. The van der Waals surface area contributed by atoms with Crippen molar-refractivity contribution < 1.29 is 14.6 Å². The van der Waals surface area contributed by atoms with Gasteiger partial charge < -0.3 is 9.84 Å². The Labute approximate surface area is 130 Å². The van der Waals surface area contributed by atoms with E-state index in [0.29, 0.717) is 4.88 Å². The molecule has 1 N–H and O–H groups in total. The highest BCUT2D eigenvalue weighted by Crippen LogP contribution is 2.42. The second kappa shape index (κ2) is 5.79. The number of carbonyl (C=O) groups is 1. The summed E-state index contributed by atoms with van der Waals surface area (Å²) >= 11 is 2.77. The Balaban J connectivity index is 2.10. The maximum atomic E-state index is 11.5. The Morgan fingerprint density at radius 2 is 2.00 bits per heavy atom. The van der Waals surface area contributed by atoms with Crippen molar-refractivity contribution >= 4 is 39.2 Å². The van der Waals surface area contributed by atoms with Crippen molar-refractivity contribution in [3.05, 3.63) is 53.4 Å². The molecule has 0 radical (unpaired) electrons. The van der Waals surface area contributed by atoms with E-state index < -0.39 is 5.97 Å². The fourth-order valence-corrected chi connectivity index (χ4v) is 4.32. The Morgan fingerprint density at radius 3 is 2.76 bits per heavy atom. The van der Waals surface area contributed by atoms with E-state index in [4.69, 9.17) is 4.74 Å². The number of hydrogen-bond donors (Lipinski definition) is 1. The standard InChI is InChI=1S/C16H12O3S2/c1-19-10-5-4-6-11(9-10)20-14-12-7-2-3-8-13(12)21-15(14)16(17)18/h2-9H,1H3,(H,17,18). The molecule has 2 aromatic carbocycles. The minimum absolute atomic E-state index is 0.379. The first-order valence-corrected chi connectivity index (χ1v) is 7.89. The Kier molecular flexibility index (Phi) is 3.86. The van der Waals surface area contributed by atoms with Crippen molar-refractivity contribution in [3.63, 3.8) is 0 Å². The lowest BCUT2D eigenvalue weighted by Crippen LogP contribution is -1.93. The first-order chi connectivity index (χ1) is 10.2. The minimum Gasteiger partial charge on any atom is -0.497 e. The highest BCUT2D eigenvalue weighted by molar-refractivity contribution is 7.99. The molecule has 0 bridgehead atoms. The van der Waals surface area contributed by atoms with Crippen LogP contribution < -0.4 is 4.74 Å². The summed E-state index contributed by atoms with van der Waals surface area (Å²) in [5.74, 6) is -0.127. The summed E-state index contributed by atoms with van der Waals surface area (Å²) in [6.45, 7) is 0. The summed E-state index contributed by atoms with van der Waals surface area (Å²) in [5, 5.41) is 10.4. The van der Waals surface area contributed by atoms with Crippen LogP contribution in [0.25, 0.3) is 10.1 Å². The van der Waals surface area contributed by atoms with Crippen molar-refractivity contribution in [3.8, 4) is 5.75 Å². The minimum atomic E-state index is -0.887. The van der Waals surface area contributed by atoms with Crippen LogP contribution in [0.15, 0.2) is 58.3 Å². The van der Waals surface area contributed by atoms with Crippen LogP contribution >= 0.6 is 23.1 Å². The summed E-state index contributed by atoms with van der Waals surface area (Å²) in [4.78, 5) is 13.6. The number of hydrogen-bond acceptors (Lipinski definition) is 4. The number of benzene rings is 2. The van der Waals surface area contributed by atoms with Gasteiger partial charge in [-0.3, -0.25) is 0 Å². The number of ether oxygens (including phenoxy) is 1. The van der Waals surface area contributed by atoms with Crippen LogP contribution in [-0.2, 0) is 0 Å². The molecule has 0 spiro atoms. The van der Waals surface area contributed by atoms with Gasteiger partial charge in [-0.1, -0.05) is 36.0 Å². The van der Waals surface area contributed by atoms with E-state index in [1.54, 1.807) is 7.11 Å². The number of fused-ring (bicyclic) bond motifs is 1. The first kappa shape index (κ1) is 14.0. The van der Waals surface area contributed by atoms with Gasteiger partial charge in [0.25, 0.3) is 0 Å². The largest absolute Gasteiger partial charge is 0.497 e. The van der Waals surface area contributed by atoms with Gasteiger partial charge in [-0.2, -0.15) is 0 Å². The third-order valence-electron chi connectivity index (χ3n) is 3.01. The molecule has 0 saturated heterocycles. The monoisotopic (exact) mass is 316 g/mol. The predicted molar refractivity (Wildman–Crippen MR) is 85.9 cm³/mol. The molecular formula is C16H12O3S2.